The fourth-order valence-electron chi connectivity index (χ4n) is 2.57. The van der Waals surface area contributed by atoms with Crippen molar-refractivity contribution in [3.05, 3.63) is 35.9 Å². The third kappa shape index (κ3) is 3.38. The molecule has 1 aliphatic rings. The molecular formula is C14H20BrNO2S. The van der Waals surface area contributed by atoms with E-state index in [0.29, 0.717) is 5.33 Å². The van der Waals surface area contributed by atoms with Gasteiger partial charge < -0.3 is 0 Å². The first-order valence-electron chi connectivity index (χ1n) is 6.62. The van der Waals surface area contributed by atoms with E-state index in [1.165, 1.54) is 0 Å². The van der Waals surface area contributed by atoms with Crippen LogP contribution in [0.1, 0.15) is 38.2 Å². The van der Waals surface area contributed by atoms with E-state index in [1.54, 1.807) is 0 Å². The summed E-state index contributed by atoms with van der Waals surface area (Å²) in [6.07, 6.45) is 3.59. The third-order valence-electron chi connectivity index (χ3n) is 3.79. The van der Waals surface area contributed by atoms with Crippen LogP contribution in [0.3, 0.4) is 0 Å². The second kappa shape index (κ2) is 5.94. The van der Waals surface area contributed by atoms with E-state index in [0.717, 1.165) is 31.2 Å². The van der Waals surface area contributed by atoms with Crippen molar-refractivity contribution in [1.29, 1.82) is 0 Å². The van der Waals surface area contributed by atoms with Crippen LogP contribution in [0.25, 0.3) is 0 Å². The zero-order chi connectivity index (χ0) is 13.9. The first-order valence-corrected chi connectivity index (χ1v) is 9.29. The molecule has 0 spiro atoms. The van der Waals surface area contributed by atoms with E-state index in [9.17, 15) is 8.42 Å². The maximum absolute atomic E-state index is 12.4. The van der Waals surface area contributed by atoms with E-state index in [-0.39, 0.29) is 5.25 Å². The number of nitrogens with one attached hydrogen (secondary N) is 1. The molecule has 1 saturated carbocycles. The highest BCUT2D eigenvalue weighted by molar-refractivity contribution is 9.09. The molecule has 1 N–H and O–H groups in total. The highest BCUT2D eigenvalue weighted by Gasteiger charge is 2.36. The van der Waals surface area contributed by atoms with Gasteiger partial charge in [-0.25, -0.2) is 13.1 Å². The van der Waals surface area contributed by atoms with Crippen molar-refractivity contribution in [3.63, 3.8) is 0 Å². The molecule has 0 aromatic heterocycles. The Morgan fingerprint density at radius 1 is 1.26 bits per heavy atom. The lowest BCUT2D eigenvalue weighted by molar-refractivity contribution is 0.474. The molecule has 3 nitrogen and oxygen atoms in total. The number of rotatable bonds is 5. The molecule has 19 heavy (non-hydrogen) atoms. The molecular weight excluding hydrogens is 326 g/mol. The molecule has 1 aromatic carbocycles. The molecule has 1 fully saturated rings. The zero-order valence-electron chi connectivity index (χ0n) is 11.1. The standard InChI is InChI=1S/C14H20BrNO2S/c1-14(11-15,12-7-3-2-4-8-12)16-19(17,18)13-9-5-6-10-13/h2-4,7-8,13,16H,5-6,9-11H2,1H3. The van der Waals surface area contributed by atoms with Gasteiger partial charge in [0, 0.05) is 5.33 Å². The lowest BCUT2D eigenvalue weighted by Crippen LogP contribution is -2.48. The Labute approximate surface area is 124 Å². The van der Waals surface area contributed by atoms with E-state index in [2.05, 4.69) is 20.7 Å². The normalized spacial score (nSPS) is 20.3. The van der Waals surface area contributed by atoms with Crippen LogP contribution in [0.2, 0.25) is 0 Å². The third-order valence-corrected chi connectivity index (χ3v) is 6.99. The fourth-order valence-corrected chi connectivity index (χ4v) is 5.15. The highest BCUT2D eigenvalue weighted by atomic mass is 79.9. The van der Waals surface area contributed by atoms with Crippen LogP contribution in [0, 0.1) is 0 Å². The summed E-state index contributed by atoms with van der Waals surface area (Å²) in [5.41, 5.74) is 0.385. The van der Waals surface area contributed by atoms with Gasteiger partial charge in [0.25, 0.3) is 0 Å². The molecule has 1 unspecified atom stereocenters. The Morgan fingerprint density at radius 2 is 1.84 bits per heavy atom. The Bertz CT molecular complexity index is 512. The van der Waals surface area contributed by atoms with Crippen LogP contribution in [-0.2, 0) is 15.6 Å². The summed E-state index contributed by atoms with van der Waals surface area (Å²) in [4.78, 5) is 0. The molecule has 0 radical (unpaired) electrons. The maximum Gasteiger partial charge on any atom is 0.215 e. The number of alkyl halides is 1. The van der Waals surface area contributed by atoms with Gasteiger partial charge in [-0.05, 0) is 25.3 Å². The summed E-state index contributed by atoms with van der Waals surface area (Å²) in [6.45, 7) is 1.92. The molecule has 0 bridgehead atoms. The molecule has 0 heterocycles. The van der Waals surface area contributed by atoms with Gasteiger partial charge in [-0.1, -0.05) is 59.1 Å². The lowest BCUT2D eigenvalue weighted by atomic mass is 9.96. The fraction of sp³-hybridized carbons (Fsp3) is 0.571. The summed E-state index contributed by atoms with van der Waals surface area (Å²) in [5, 5.41) is 0.324. The Morgan fingerprint density at radius 3 is 2.37 bits per heavy atom. The van der Waals surface area contributed by atoms with Crippen molar-refractivity contribution >= 4 is 26.0 Å². The quantitative estimate of drug-likeness (QED) is 0.833. The summed E-state index contributed by atoms with van der Waals surface area (Å²) < 4.78 is 27.8. The van der Waals surface area contributed by atoms with Crippen LogP contribution in [-0.4, -0.2) is 19.0 Å². The van der Waals surface area contributed by atoms with Gasteiger partial charge in [0.1, 0.15) is 0 Å². The molecule has 0 aliphatic heterocycles. The van der Waals surface area contributed by atoms with Gasteiger partial charge in [-0.2, -0.15) is 0 Å². The summed E-state index contributed by atoms with van der Waals surface area (Å²) in [7, 11) is -3.26. The molecule has 1 aliphatic carbocycles. The van der Waals surface area contributed by atoms with Gasteiger partial charge >= 0.3 is 0 Å². The van der Waals surface area contributed by atoms with Crippen molar-refractivity contribution in [1.82, 2.24) is 4.72 Å². The number of hydrogen-bond acceptors (Lipinski definition) is 2. The van der Waals surface area contributed by atoms with Crippen LogP contribution >= 0.6 is 15.9 Å². The summed E-state index contributed by atoms with van der Waals surface area (Å²) in [5.74, 6) is 0. The highest BCUT2D eigenvalue weighted by Crippen LogP contribution is 2.29. The molecule has 0 saturated heterocycles. The minimum atomic E-state index is -3.26. The van der Waals surface area contributed by atoms with Gasteiger partial charge in [-0.3, -0.25) is 0 Å². The Hall–Kier alpha value is -0.390. The number of halogens is 1. The topological polar surface area (TPSA) is 46.2 Å². The lowest BCUT2D eigenvalue weighted by Gasteiger charge is -2.30. The molecule has 106 valence electrons. The van der Waals surface area contributed by atoms with Crippen molar-refractivity contribution < 1.29 is 8.42 Å². The largest absolute Gasteiger partial charge is 0.215 e. The Kier molecular flexibility index (Phi) is 4.69. The number of hydrogen-bond donors (Lipinski definition) is 1. The second-order valence-corrected chi connectivity index (χ2v) is 7.91. The second-order valence-electron chi connectivity index (χ2n) is 5.39. The molecule has 2 rings (SSSR count). The smallest absolute Gasteiger partial charge is 0.212 e. The summed E-state index contributed by atoms with van der Waals surface area (Å²) >= 11 is 3.44. The zero-order valence-corrected chi connectivity index (χ0v) is 13.5. The van der Waals surface area contributed by atoms with Gasteiger partial charge in [0.15, 0.2) is 0 Å². The van der Waals surface area contributed by atoms with Crippen LogP contribution < -0.4 is 4.72 Å². The van der Waals surface area contributed by atoms with Crippen molar-refractivity contribution in [2.75, 3.05) is 5.33 Å². The molecule has 1 atom stereocenters. The summed E-state index contributed by atoms with van der Waals surface area (Å²) in [6, 6.07) is 9.71. The minimum absolute atomic E-state index is 0.227. The van der Waals surface area contributed by atoms with Crippen molar-refractivity contribution in [3.8, 4) is 0 Å². The van der Waals surface area contributed by atoms with E-state index < -0.39 is 15.6 Å². The van der Waals surface area contributed by atoms with Crippen LogP contribution in [0.5, 0.6) is 0 Å². The predicted molar refractivity (Wildman–Crippen MR) is 81.9 cm³/mol. The molecule has 5 heteroatoms. The Balaban J connectivity index is 2.23. The minimum Gasteiger partial charge on any atom is -0.212 e. The SMILES string of the molecule is CC(CBr)(NS(=O)(=O)C1CCCC1)c1ccccc1. The van der Waals surface area contributed by atoms with Gasteiger partial charge in [-0.15, -0.1) is 0 Å². The average Bonchev–Trinajstić information content (AvgIpc) is 2.94. The van der Waals surface area contributed by atoms with Gasteiger partial charge in [0.2, 0.25) is 10.0 Å². The van der Waals surface area contributed by atoms with E-state index >= 15 is 0 Å². The molecule has 1 aromatic rings. The number of benzene rings is 1. The molecule has 0 amide bonds. The van der Waals surface area contributed by atoms with Crippen molar-refractivity contribution in [2.45, 2.75) is 43.4 Å². The predicted octanol–water partition coefficient (Wildman–Crippen LogP) is 3.16. The van der Waals surface area contributed by atoms with E-state index in [4.69, 9.17) is 0 Å². The first kappa shape index (κ1) is 15.0. The van der Waals surface area contributed by atoms with Crippen LogP contribution in [0.4, 0.5) is 0 Å². The van der Waals surface area contributed by atoms with Crippen LogP contribution in [0.15, 0.2) is 30.3 Å². The van der Waals surface area contributed by atoms with E-state index in [1.807, 2.05) is 37.3 Å². The number of sulfonamides is 1. The van der Waals surface area contributed by atoms with Crippen molar-refractivity contribution in [2.24, 2.45) is 0 Å². The first-order chi connectivity index (χ1) is 8.98. The maximum atomic E-state index is 12.4. The monoisotopic (exact) mass is 345 g/mol. The van der Waals surface area contributed by atoms with Gasteiger partial charge in [0.05, 0.1) is 10.8 Å². The average molecular weight is 346 g/mol.